The Morgan fingerprint density at radius 3 is 2.52 bits per heavy atom. The molecular formula is C17H20BrNO3S. The van der Waals surface area contributed by atoms with Crippen LogP contribution in [0.5, 0.6) is 0 Å². The van der Waals surface area contributed by atoms with E-state index in [0.29, 0.717) is 12.3 Å². The zero-order valence-electron chi connectivity index (χ0n) is 13.4. The first-order valence-electron chi connectivity index (χ1n) is 7.39. The number of benzene rings is 1. The molecule has 0 fully saturated rings. The molecule has 0 N–H and O–H groups in total. The molecule has 0 spiro atoms. The normalized spacial score (nSPS) is 13.8. The van der Waals surface area contributed by atoms with Crippen molar-refractivity contribution in [2.75, 3.05) is 7.11 Å². The van der Waals surface area contributed by atoms with Crippen molar-refractivity contribution in [2.45, 2.75) is 32.5 Å². The largest absolute Gasteiger partial charge is 0.467 e. The van der Waals surface area contributed by atoms with Crippen LogP contribution in [0, 0.1) is 5.92 Å². The molecule has 1 aromatic carbocycles. The van der Waals surface area contributed by atoms with Gasteiger partial charge in [0, 0.05) is 16.0 Å². The summed E-state index contributed by atoms with van der Waals surface area (Å²) in [4.78, 5) is 16.4. The van der Waals surface area contributed by atoms with Crippen molar-refractivity contribution >= 4 is 33.2 Å². The minimum absolute atomic E-state index is 0.320. The van der Waals surface area contributed by atoms with E-state index in [-0.39, 0.29) is 12.1 Å². The summed E-state index contributed by atoms with van der Waals surface area (Å²) in [7, 11) is 1.39. The van der Waals surface area contributed by atoms with Crippen molar-refractivity contribution in [2.24, 2.45) is 5.92 Å². The van der Waals surface area contributed by atoms with E-state index < -0.39 is 6.10 Å². The lowest BCUT2D eigenvalue weighted by molar-refractivity contribution is -0.158. The Balaban J connectivity index is 2.29. The van der Waals surface area contributed by atoms with E-state index in [4.69, 9.17) is 9.47 Å². The predicted molar refractivity (Wildman–Crippen MR) is 94.4 cm³/mol. The Hall–Kier alpha value is -1.24. The summed E-state index contributed by atoms with van der Waals surface area (Å²) >= 11 is 4.94. The molecule has 124 valence electrons. The molecule has 1 heterocycles. The number of rotatable bonds is 7. The van der Waals surface area contributed by atoms with Crippen LogP contribution in [0.4, 0.5) is 0 Å². The average molecular weight is 398 g/mol. The highest BCUT2D eigenvalue weighted by Gasteiger charge is 2.28. The topological polar surface area (TPSA) is 48.4 Å². The Morgan fingerprint density at radius 2 is 2.00 bits per heavy atom. The van der Waals surface area contributed by atoms with E-state index in [1.807, 2.05) is 29.6 Å². The molecule has 6 heteroatoms. The fourth-order valence-corrected chi connectivity index (χ4v) is 3.17. The maximum absolute atomic E-state index is 12.1. The predicted octanol–water partition coefficient (Wildman–Crippen LogP) is 4.60. The molecule has 0 saturated carbocycles. The molecule has 1 aromatic heterocycles. The number of thiazole rings is 1. The van der Waals surface area contributed by atoms with Crippen molar-refractivity contribution in [3.63, 3.8) is 0 Å². The molecule has 2 atom stereocenters. The number of methoxy groups -OCH3 is 1. The molecule has 0 bridgehead atoms. The van der Waals surface area contributed by atoms with Crippen LogP contribution in [0.15, 0.2) is 40.3 Å². The zero-order valence-corrected chi connectivity index (χ0v) is 15.8. The molecule has 2 aromatic rings. The summed E-state index contributed by atoms with van der Waals surface area (Å²) in [6.45, 7) is 4.11. The molecule has 0 radical (unpaired) electrons. The van der Waals surface area contributed by atoms with E-state index in [1.54, 1.807) is 6.20 Å². The summed E-state index contributed by atoms with van der Waals surface area (Å²) < 4.78 is 12.0. The SMILES string of the molecule is COC(=O)C(CC(C)C)OC(c1ccc(Br)cc1)c1nccs1. The lowest BCUT2D eigenvalue weighted by Crippen LogP contribution is -2.29. The number of hydrogen-bond donors (Lipinski definition) is 0. The molecular weight excluding hydrogens is 378 g/mol. The second-order valence-electron chi connectivity index (χ2n) is 5.58. The average Bonchev–Trinajstić information content (AvgIpc) is 3.05. The number of hydrogen-bond acceptors (Lipinski definition) is 5. The van der Waals surface area contributed by atoms with Gasteiger partial charge in [-0.3, -0.25) is 0 Å². The number of ether oxygens (including phenoxy) is 2. The van der Waals surface area contributed by atoms with E-state index in [9.17, 15) is 4.79 Å². The van der Waals surface area contributed by atoms with Gasteiger partial charge in [0.25, 0.3) is 0 Å². The van der Waals surface area contributed by atoms with Gasteiger partial charge in [0.15, 0.2) is 6.10 Å². The van der Waals surface area contributed by atoms with Crippen molar-refractivity contribution in [1.82, 2.24) is 4.98 Å². The van der Waals surface area contributed by atoms with Gasteiger partial charge in [-0.1, -0.05) is 41.9 Å². The first-order valence-corrected chi connectivity index (χ1v) is 9.06. The first kappa shape index (κ1) is 18.1. The van der Waals surface area contributed by atoms with Gasteiger partial charge < -0.3 is 9.47 Å². The first-order chi connectivity index (χ1) is 11.0. The molecule has 0 aliphatic carbocycles. The summed E-state index contributed by atoms with van der Waals surface area (Å²) in [6, 6.07) is 7.85. The highest BCUT2D eigenvalue weighted by atomic mass is 79.9. The number of carbonyl (C=O) groups is 1. The van der Waals surface area contributed by atoms with Crippen LogP contribution in [-0.2, 0) is 14.3 Å². The minimum atomic E-state index is -0.613. The van der Waals surface area contributed by atoms with E-state index in [0.717, 1.165) is 15.0 Å². The number of carbonyl (C=O) groups excluding carboxylic acids is 1. The van der Waals surface area contributed by atoms with Gasteiger partial charge in [-0.05, 0) is 30.0 Å². The fourth-order valence-electron chi connectivity index (χ4n) is 2.21. The lowest BCUT2D eigenvalue weighted by atomic mass is 10.0. The quantitative estimate of drug-likeness (QED) is 0.640. The van der Waals surface area contributed by atoms with Gasteiger partial charge in [0.1, 0.15) is 11.1 Å². The van der Waals surface area contributed by atoms with Gasteiger partial charge >= 0.3 is 5.97 Å². The number of esters is 1. The van der Waals surface area contributed by atoms with Crippen molar-refractivity contribution in [1.29, 1.82) is 0 Å². The monoisotopic (exact) mass is 397 g/mol. The van der Waals surface area contributed by atoms with E-state index >= 15 is 0 Å². The van der Waals surface area contributed by atoms with Gasteiger partial charge in [0.05, 0.1) is 7.11 Å². The Bertz CT molecular complexity index is 613. The van der Waals surface area contributed by atoms with Crippen molar-refractivity contribution < 1.29 is 14.3 Å². The van der Waals surface area contributed by atoms with Crippen LogP contribution in [0.1, 0.15) is 36.9 Å². The van der Waals surface area contributed by atoms with Gasteiger partial charge in [-0.2, -0.15) is 0 Å². The fraction of sp³-hybridized carbons (Fsp3) is 0.412. The van der Waals surface area contributed by atoms with Crippen molar-refractivity contribution in [3.8, 4) is 0 Å². The molecule has 2 rings (SSSR count). The second-order valence-corrected chi connectivity index (χ2v) is 7.42. The highest BCUT2D eigenvalue weighted by molar-refractivity contribution is 9.10. The minimum Gasteiger partial charge on any atom is -0.467 e. The van der Waals surface area contributed by atoms with Crippen molar-refractivity contribution in [3.05, 3.63) is 50.9 Å². The summed E-state index contributed by atoms with van der Waals surface area (Å²) in [5.41, 5.74) is 0.959. The van der Waals surface area contributed by atoms with Crippen LogP contribution in [0.3, 0.4) is 0 Å². The van der Waals surface area contributed by atoms with Crippen LogP contribution < -0.4 is 0 Å². The summed E-state index contributed by atoms with van der Waals surface area (Å²) in [5.74, 6) is -0.0293. The zero-order chi connectivity index (χ0) is 16.8. The third-order valence-electron chi connectivity index (χ3n) is 3.30. The third kappa shape index (κ3) is 5.12. The molecule has 0 saturated heterocycles. The Labute approximate surface area is 149 Å². The molecule has 0 aliphatic rings. The van der Waals surface area contributed by atoms with Gasteiger partial charge in [-0.25, -0.2) is 9.78 Å². The van der Waals surface area contributed by atoms with Crippen LogP contribution in [0.2, 0.25) is 0 Å². The Morgan fingerprint density at radius 1 is 1.30 bits per heavy atom. The number of aromatic nitrogens is 1. The van der Waals surface area contributed by atoms with Crippen LogP contribution in [0.25, 0.3) is 0 Å². The smallest absolute Gasteiger partial charge is 0.335 e. The summed E-state index contributed by atoms with van der Waals surface area (Å²) in [6.07, 6.45) is 1.35. The van der Waals surface area contributed by atoms with E-state index in [2.05, 4.69) is 34.8 Å². The molecule has 23 heavy (non-hydrogen) atoms. The maximum Gasteiger partial charge on any atom is 0.335 e. The van der Waals surface area contributed by atoms with Crippen LogP contribution in [-0.4, -0.2) is 24.2 Å². The molecule has 0 amide bonds. The van der Waals surface area contributed by atoms with Gasteiger partial charge in [-0.15, -0.1) is 11.3 Å². The molecule has 2 unspecified atom stereocenters. The highest BCUT2D eigenvalue weighted by Crippen LogP contribution is 2.31. The summed E-state index contributed by atoms with van der Waals surface area (Å²) in [5, 5.41) is 2.73. The number of halogens is 1. The molecule has 4 nitrogen and oxygen atoms in total. The Kier molecular flexibility index (Phi) is 6.74. The standard InChI is InChI=1S/C17H20BrNO3S/c1-11(2)10-14(17(20)21-3)22-15(16-19-8-9-23-16)12-4-6-13(18)7-5-12/h4-9,11,14-15H,10H2,1-3H3. The maximum atomic E-state index is 12.1. The third-order valence-corrected chi connectivity index (χ3v) is 4.65. The van der Waals surface area contributed by atoms with Gasteiger partial charge in [0.2, 0.25) is 0 Å². The second kappa shape index (κ2) is 8.57. The molecule has 0 aliphatic heterocycles. The van der Waals surface area contributed by atoms with Crippen LogP contribution >= 0.6 is 27.3 Å². The lowest BCUT2D eigenvalue weighted by Gasteiger charge is -2.23. The van der Waals surface area contributed by atoms with E-state index in [1.165, 1.54) is 18.4 Å². The number of nitrogens with zero attached hydrogens (tertiary/aromatic N) is 1.